The van der Waals surface area contributed by atoms with Crippen molar-refractivity contribution in [2.45, 2.75) is 34.6 Å². The second-order valence-electron chi connectivity index (χ2n) is 34.7. The van der Waals surface area contributed by atoms with Gasteiger partial charge in [0.05, 0.1) is 52.6 Å². The Kier molecular flexibility index (Phi) is 24.5. The molecule has 6 aromatic carbocycles. The molecule has 5 saturated heterocycles. The molecule has 6 aromatic heterocycles. The number of carbonyl (C=O) groups excluding carboxylic acids is 5. The zero-order chi connectivity index (χ0) is 94.7. The van der Waals surface area contributed by atoms with Crippen molar-refractivity contribution in [1.29, 1.82) is 10.5 Å². The molecule has 10 aliphatic heterocycles. The van der Waals surface area contributed by atoms with Crippen LogP contribution in [-0.4, -0.2) is 190 Å². The van der Waals surface area contributed by atoms with Crippen LogP contribution >= 0.6 is 56.7 Å². The highest BCUT2D eigenvalue weighted by Gasteiger charge is 2.62. The summed E-state index contributed by atoms with van der Waals surface area (Å²) in [5.41, 5.74) is 34.7. The number of rotatable bonds is 12. The molecular formula is C99H94F3N23O5S5. The highest BCUT2D eigenvalue weighted by molar-refractivity contribution is 7.16. The van der Waals surface area contributed by atoms with E-state index in [0.29, 0.717) is 82.9 Å². The number of hydrogen-bond donors (Lipinski definition) is 5. The maximum atomic E-state index is 13.8. The van der Waals surface area contributed by atoms with Crippen molar-refractivity contribution in [3.8, 4) is 33.0 Å². The summed E-state index contributed by atoms with van der Waals surface area (Å²) in [7, 11) is 8.34. The first-order chi connectivity index (χ1) is 65.0. The van der Waals surface area contributed by atoms with Crippen LogP contribution < -0.4 is 53.2 Å². The van der Waals surface area contributed by atoms with Gasteiger partial charge in [0, 0.05) is 164 Å². The molecule has 0 spiro atoms. The number of aryl methyl sites for hydroxylation is 1. The fourth-order valence-electron chi connectivity index (χ4n) is 19.7. The van der Waals surface area contributed by atoms with E-state index in [1.54, 1.807) is 106 Å². The van der Waals surface area contributed by atoms with Crippen molar-refractivity contribution in [2.24, 2.45) is 83.2 Å². The topological polar surface area (TPSA) is 370 Å². The summed E-state index contributed by atoms with van der Waals surface area (Å²) in [5.74, 6) is -1.80. The number of amides is 5. The monoisotopic (exact) mass is 1900 g/mol. The third-order valence-corrected chi connectivity index (χ3v) is 32.7. The Morgan fingerprint density at radius 2 is 0.667 bits per heavy atom. The maximum Gasteiger partial charge on any atom is 0.236 e. The first-order valence-corrected chi connectivity index (χ1v) is 47.7. The molecule has 16 heterocycles. The number of halogens is 3. The number of aliphatic imine (C=N–C) groups is 5. The molecule has 10 aliphatic rings. The van der Waals surface area contributed by atoms with Gasteiger partial charge in [-0.2, -0.15) is 10.5 Å². The van der Waals surface area contributed by atoms with E-state index in [4.69, 9.17) is 58.9 Å². The van der Waals surface area contributed by atoms with Gasteiger partial charge in [-0.15, -0.1) is 56.7 Å². The number of nitrogens with two attached hydrogens (primary N) is 5. The Hall–Kier alpha value is -14.6. The molecule has 0 aliphatic carbocycles. The number of para-hydroxylation sites is 2. The van der Waals surface area contributed by atoms with Crippen LogP contribution in [0.1, 0.15) is 41.1 Å². The van der Waals surface area contributed by atoms with E-state index in [1.165, 1.54) is 83.1 Å². The van der Waals surface area contributed by atoms with Gasteiger partial charge in [-0.3, -0.25) is 53.5 Å². The molecule has 0 radical (unpaired) electrons. The van der Waals surface area contributed by atoms with E-state index in [9.17, 15) is 42.4 Å². The van der Waals surface area contributed by atoms with E-state index in [0.717, 1.165) is 68.1 Å². The highest BCUT2D eigenvalue weighted by atomic mass is 32.1. The normalized spacial score (nSPS) is 24.7. The number of hydrogen-bond acceptors (Lipinski definition) is 28. The molecule has 10 N–H and O–H groups in total. The summed E-state index contributed by atoms with van der Waals surface area (Å²) in [6.07, 6.45) is 3.57. The van der Waals surface area contributed by atoms with Gasteiger partial charge in [-0.1, -0.05) is 78.9 Å². The fraction of sp³-hybridized carbons (Fsp3) is 0.263. The molecular weight excluding hydrogens is 1810 g/mol. The van der Waals surface area contributed by atoms with Crippen LogP contribution in [0.2, 0.25) is 0 Å². The van der Waals surface area contributed by atoms with Crippen LogP contribution in [0.5, 0.6) is 0 Å². The second kappa shape index (κ2) is 36.4. The van der Waals surface area contributed by atoms with Gasteiger partial charge >= 0.3 is 0 Å². The smallest absolute Gasteiger partial charge is 0.236 e. The lowest BCUT2D eigenvalue weighted by molar-refractivity contribution is -0.133. The molecule has 10 atom stereocenters. The van der Waals surface area contributed by atoms with Crippen molar-refractivity contribution in [1.82, 2.24) is 29.5 Å². The van der Waals surface area contributed by atoms with Crippen LogP contribution in [0.25, 0.3) is 20.9 Å². The number of aromatic nitrogens is 1. The van der Waals surface area contributed by atoms with Gasteiger partial charge in [0.15, 0.2) is 29.8 Å². The quantitative estimate of drug-likeness (QED) is 0.0758. The highest BCUT2D eigenvalue weighted by Crippen LogP contribution is 2.54. The number of pyridine rings is 1. The van der Waals surface area contributed by atoms with E-state index >= 15 is 0 Å². The lowest BCUT2D eigenvalue weighted by Crippen LogP contribution is -2.54. The predicted octanol–water partition coefficient (Wildman–Crippen LogP) is 12.5. The van der Waals surface area contributed by atoms with Gasteiger partial charge in [0.25, 0.3) is 0 Å². The van der Waals surface area contributed by atoms with Crippen LogP contribution in [-0.2, 0) is 51.7 Å². The fourth-order valence-corrected chi connectivity index (χ4v) is 24.8. The maximum absolute atomic E-state index is 13.8. The summed E-state index contributed by atoms with van der Waals surface area (Å²) in [6.45, 7) is 7.84. The molecule has 0 bridgehead atoms. The van der Waals surface area contributed by atoms with Gasteiger partial charge in [0.1, 0.15) is 57.3 Å². The average Bonchev–Trinajstić information content (AvgIpc) is 1.59. The van der Waals surface area contributed by atoms with Crippen LogP contribution in [0, 0.1) is 76.6 Å². The number of nitriles is 2. The SMILES string of the molecule is CN1C(=O)C2CN(c3ccc(F)cc3)CC2(c2ccc(-c3ccc(F)c(C#N)c3)s2)N=C1N.CN1C(=O)C2CN(c3ccccc3)CC2(c2ccc(-c3ccc(F)c(C#N)c3)s2)N=C1N.CN1C(=O)C2CN(c3ccccc3)CC2(c2cccs2)N=C1N.CN1C(=O)C2CN(c3cccnc3)CC2(c2cccs2)N=C1N.Cc1cccc(N2CC3C(=O)N(C)C(N)=NC3(c3cccs3)C2)c1. The number of nitrogens with zero attached hydrogens (tertiary/aromatic N) is 18. The van der Waals surface area contributed by atoms with Crippen molar-refractivity contribution in [3.63, 3.8) is 0 Å². The predicted molar refractivity (Wildman–Crippen MR) is 525 cm³/mol. The van der Waals surface area contributed by atoms with E-state index in [1.807, 2.05) is 149 Å². The largest absolute Gasteiger partial charge is 0.369 e. The third kappa shape index (κ3) is 16.5. The average molecular weight is 1900 g/mol. The number of anilines is 5. The first-order valence-electron chi connectivity index (χ1n) is 43.4. The number of guanidine groups is 5. The van der Waals surface area contributed by atoms with Gasteiger partial charge in [0.2, 0.25) is 29.5 Å². The molecule has 0 saturated carbocycles. The molecule has 135 heavy (non-hydrogen) atoms. The van der Waals surface area contributed by atoms with Crippen molar-refractivity contribution in [3.05, 3.63) is 305 Å². The first kappa shape index (κ1) is 91.0. The summed E-state index contributed by atoms with van der Waals surface area (Å²) in [6, 6.07) is 71.1. The Morgan fingerprint density at radius 1 is 0.348 bits per heavy atom. The van der Waals surface area contributed by atoms with Gasteiger partial charge < -0.3 is 53.2 Å². The minimum atomic E-state index is -0.900. The Bertz CT molecular complexity index is 6660. The lowest BCUT2D eigenvalue weighted by atomic mass is 9.84. The molecule has 36 heteroatoms. The zero-order valence-electron chi connectivity index (χ0n) is 74.3. The molecule has 5 fully saturated rings. The number of thiophene rings is 5. The Labute approximate surface area is 797 Å². The molecule has 10 unspecified atom stereocenters. The molecule has 28 nitrogen and oxygen atoms in total. The number of fused-ring (bicyclic) bond motifs is 5. The summed E-state index contributed by atoms with van der Waals surface area (Å²) >= 11 is 7.84. The number of benzene rings is 6. The lowest BCUT2D eigenvalue weighted by Gasteiger charge is -2.36. The van der Waals surface area contributed by atoms with Gasteiger partial charge in [-0.05, 0) is 179 Å². The summed E-state index contributed by atoms with van der Waals surface area (Å²) < 4.78 is 41.0. The minimum absolute atomic E-state index is 0.00124. The Morgan fingerprint density at radius 3 is 0.985 bits per heavy atom. The standard InChI is InChI=1S/C24H19F2N5OS.C24H20FN5OS.C18H20N4OS.C17H18N4OS.C16H17N5OS/c1-30-22(32)18-12-31(17-5-3-16(25)4-6-17)13-24(18,29-23(30)28)21-9-8-20(33-21)14-2-7-19(26)15(10-14)11-27;1-29-22(31)18-13-30(17-5-3-2-4-6-17)14-24(18,28-23(29)27)21-10-9-20(32-21)15-7-8-19(25)16(11-15)12-26;1-12-5-3-6-13(9-12)22-10-14-16(23)21(2)17(19)20-18(14,11-22)15-7-4-8-24-15;1-20-15(22)13-10-21(12-6-3-2-4-7-12)11-17(13,19-16(20)18)14-8-5-9-23-14;1-20-14(22)12-9-21(11-4-2-6-18-8-11)10-16(12,19-15(20)17)13-5-3-7-23-13/h2-10,18H,12-13H2,1H3,(H2,28,29);2-11,18H,13-14H2,1H3,(H2,27,28);3-9,14H,10-11H2,1-2H3,(H2,19,20);2-9,13H,10-11H2,1H3,(H2,18,19);2-8,12H,9-10H2,1H3,(H2,17,19). The van der Waals surface area contributed by atoms with Crippen LogP contribution in [0.15, 0.2) is 272 Å². The van der Waals surface area contributed by atoms with Crippen LogP contribution in [0.4, 0.5) is 41.6 Å². The van der Waals surface area contributed by atoms with Gasteiger partial charge in [-0.25, -0.2) is 38.1 Å². The molecule has 686 valence electrons. The van der Waals surface area contributed by atoms with E-state index in [2.05, 4.69) is 80.0 Å². The zero-order valence-corrected chi connectivity index (χ0v) is 78.4. The third-order valence-electron chi connectivity index (χ3n) is 27.0. The van der Waals surface area contributed by atoms with Crippen molar-refractivity contribution in [2.75, 3.05) is 125 Å². The van der Waals surface area contributed by atoms with Crippen LogP contribution in [0.3, 0.4) is 0 Å². The molecule has 22 rings (SSSR count). The Balaban J connectivity index is 0.000000114. The summed E-state index contributed by atoms with van der Waals surface area (Å²) in [4.78, 5) is 118. The second-order valence-corrected chi connectivity index (χ2v) is 39.7. The minimum Gasteiger partial charge on any atom is -0.369 e. The molecule has 5 amide bonds. The van der Waals surface area contributed by atoms with E-state index < -0.39 is 45.2 Å². The van der Waals surface area contributed by atoms with Crippen molar-refractivity contribution >= 4 is 144 Å². The van der Waals surface area contributed by atoms with E-state index in [-0.39, 0.29) is 88.0 Å². The summed E-state index contributed by atoms with van der Waals surface area (Å²) in [5, 5.41) is 24.4. The number of carbonyl (C=O) groups is 5. The van der Waals surface area contributed by atoms with Crippen molar-refractivity contribution < 1.29 is 37.1 Å². The molecule has 12 aromatic rings.